The Bertz CT molecular complexity index is 858. The summed E-state index contributed by atoms with van der Waals surface area (Å²) in [7, 11) is 0. The third kappa shape index (κ3) is 3.79. The maximum atomic E-state index is 11.1. The highest BCUT2D eigenvalue weighted by atomic mass is 16.4. The van der Waals surface area contributed by atoms with Gasteiger partial charge in [-0.05, 0) is 42.3 Å². The van der Waals surface area contributed by atoms with E-state index < -0.39 is 5.97 Å². The van der Waals surface area contributed by atoms with E-state index in [1.807, 2.05) is 24.3 Å². The molecule has 120 valence electrons. The van der Waals surface area contributed by atoms with E-state index in [1.54, 1.807) is 24.4 Å². The first-order chi connectivity index (χ1) is 11.6. The van der Waals surface area contributed by atoms with E-state index in [4.69, 9.17) is 5.11 Å². The smallest absolute Gasteiger partial charge is 0.335 e. The number of aromatic nitrogens is 1. The molecule has 3 rings (SSSR count). The van der Waals surface area contributed by atoms with Gasteiger partial charge in [-0.2, -0.15) is 0 Å². The van der Waals surface area contributed by atoms with Crippen molar-refractivity contribution in [1.82, 2.24) is 4.98 Å². The third-order valence-corrected chi connectivity index (χ3v) is 3.76. The first-order valence-corrected chi connectivity index (χ1v) is 7.71. The number of nitrogens with zero attached hydrogens (tertiary/aromatic N) is 1. The van der Waals surface area contributed by atoms with Crippen molar-refractivity contribution in [1.29, 1.82) is 0 Å². The lowest BCUT2D eigenvalue weighted by atomic mass is 10.0. The van der Waals surface area contributed by atoms with E-state index in [9.17, 15) is 4.79 Å². The van der Waals surface area contributed by atoms with Gasteiger partial charge in [0.1, 0.15) is 5.82 Å². The van der Waals surface area contributed by atoms with E-state index in [1.165, 1.54) is 11.1 Å². The van der Waals surface area contributed by atoms with E-state index in [0.29, 0.717) is 6.54 Å². The quantitative estimate of drug-likeness (QED) is 0.733. The molecule has 0 unspecified atom stereocenters. The second-order valence-corrected chi connectivity index (χ2v) is 5.66. The summed E-state index contributed by atoms with van der Waals surface area (Å²) in [6.07, 6.45) is 1.75. The van der Waals surface area contributed by atoms with Crippen LogP contribution in [-0.2, 0) is 6.54 Å². The lowest BCUT2D eigenvalue weighted by molar-refractivity contribution is 0.0697. The number of hydrogen-bond donors (Lipinski definition) is 2. The summed E-state index contributed by atoms with van der Waals surface area (Å²) in [4.78, 5) is 15.5. The van der Waals surface area contributed by atoms with Crippen molar-refractivity contribution in [2.75, 3.05) is 5.32 Å². The minimum absolute atomic E-state index is 0.272. The van der Waals surface area contributed by atoms with Crippen LogP contribution in [-0.4, -0.2) is 16.1 Å². The van der Waals surface area contributed by atoms with Crippen LogP contribution in [0.5, 0.6) is 0 Å². The fraction of sp³-hybridized carbons (Fsp3) is 0.100. The lowest BCUT2D eigenvalue weighted by Gasteiger charge is -2.08. The fourth-order valence-electron chi connectivity index (χ4n) is 2.52. The zero-order valence-corrected chi connectivity index (χ0v) is 13.4. The molecule has 1 aromatic heterocycles. The topological polar surface area (TPSA) is 62.2 Å². The molecule has 2 aromatic carbocycles. The van der Waals surface area contributed by atoms with E-state index in [0.717, 1.165) is 16.9 Å². The normalized spacial score (nSPS) is 10.4. The molecule has 0 amide bonds. The molecule has 3 aromatic rings. The second-order valence-electron chi connectivity index (χ2n) is 5.66. The Morgan fingerprint density at radius 2 is 1.88 bits per heavy atom. The van der Waals surface area contributed by atoms with Crippen LogP contribution in [0.3, 0.4) is 0 Å². The van der Waals surface area contributed by atoms with Crippen LogP contribution < -0.4 is 5.32 Å². The van der Waals surface area contributed by atoms with Crippen LogP contribution in [0.4, 0.5) is 5.82 Å². The highest BCUT2D eigenvalue weighted by molar-refractivity contribution is 5.89. The van der Waals surface area contributed by atoms with Crippen molar-refractivity contribution in [3.05, 3.63) is 83.6 Å². The Morgan fingerprint density at radius 1 is 1.04 bits per heavy atom. The molecule has 0 aliphatic heterocycles. The molecule has 0 radical (unpaired) electrons. The van der Waals surface area contributed by atoms with Crippen molar-refractivity contribution in [3.63, 3.8) is 0 Å². The Balaban J connectivity index is 1.71. The molecular formula is C20H18N2O2. The number of benzene rings is 2. The van der Waals surface area contributed by atoms with Crippen LogP contribution >= 0.6 is 0 Å². The molecular weight excluding hydrogens is 300 g/mol. The van der Waals surface area contributed by atoms with Gasteiger partial charge in [0.25, 0.3) is 0 Å². The second kappa shape index (κ2) is 6.96. The Hall–Kier alpha value is -3.14. The third-order valence-electron chi connectivity index (χ3n) is 3.76. The highest BCUT2D eigenvalue weighted by Gasteiger charge is 2.05. The van der Waals surface area contributed by atoms with Gasteiger partial charge in [0.2, 0.25) is 0 Å². The van der Waals surface area contributed by atoms with Crippen molar-refractivity contribution in [3.8, 4) is 11.1 Å². The first kappa shape index (κ1) is 15.7. The van der Waals surface area contributed by atoms with Crippen LogP contribution in [0.15, 0.2) is 66.9 Å². The minimum Gasteiger partial charge on any atom is -0.478 e. The molecule has 0 saturated carbocycles. The van der Waals surface area contributed by atoms with Crippen molar-refractivity contribution < 1.29 is 9.90 Å². The number of carboxylic acids is 1. The number of aromatic carboxylic acids is 1. The average molecular weight is 318 g/mol. The predicted molar refractivity (Wildman–Crippen MR) is 95.1 cm³/mol. The van der Waals surface area contributed by atoms with E-state index in [2.05, 4.69) is 35.4 Å². The summed E-state index contributed by atoms with van der Waals surface area (Å²) in [6.45, 7) is 2.78. The summed E-state index contributed by atoms with van der Waals surface area (Å²) >= 11 is 0. The van der Waals surface area contributed by atoms with Gasteiger partial charge in [0.15, 0.2) is 0 Å². The van der Waals surface area contributed by atoms with Gasteiger partial charge in [0.05, 0.1) is 5.56 Å². The highest BCUT2D eigenvalue weighted by Crippen LogP contribution is 2.21. The van der Waals surface area contributed by atoms with Gasteiger partial charge < -0.3 is 10.4 Å². The lowest BCUT2D eigenvalue weighted by Crippen LogP contribution is -2.01. The number of hydrogen-bond acceptors (Lipinski definition) is 3. The molecule has 0 fully saturated rings. The Morgan fingerprint density at radius 3 is 2.58 bits per heavy atom. The van der Waals surface area contributed by atoms with Gasteiger partial charge in [0, 0.05) is 18.3 Å². The number of carboxylic acid groups (broad SMARTS) is 1. The van der Waals surface area contributed by atoms with E-state index in [-0.39, 0.29) is 5.56 Å². The van der Waals surface area contributed by atoms with Crippen molar-refractivity contribution in [2.45, 2.75) is 13.5 Å². The molecule has 0 bridgehead atoms. The van der Waals surface area contributed by atoms with Crippen molar-refractivity contribution >= 4 is 11.8 Å². The van der Waals surface area contributed by atoms with Gasteiger partial charge >= 0.3 is 5.97 Å². The molecule has 24 heavy (non-hydrogen) atoms. The van der Waals surface area contributed by atoms with Crippen LogP contribution in [0.2, 0.25) is 0 Å². The van der Waals surface area contributed by atoms with Gasteiger partial charge in [-0.25, -0.2) is 9.78 Å². The number of aryl methyl sites for hydroxylation is 1. The maximum absolute atomic E-state index is 11.1. The summed E-state index contributed by atoms with van der Waals surface area (Å²) in [5.74, 6) is -0.143. The van der Waals surface area contributed by atoms with Gasteiger partial charge in [-0.15, -0.1) is 0 Å². The zero-order chi connectivity index (χ0) is 16.9. The zero-order valence-electron chi connectivity index (χ0n) is 13.4. The summed E-state index contributed by atoms with van der Waals surface area (Å²) in [5.41, 5.74) is 4.44. The number of rotatable bonds is 5. The SMILES string of the molecule is Cc1cccc(CNc2ccc(-c3cccc(C(=O)O)c3)cn2)c1. The largest absolute Gasteiger partial charge is 0.478 e. The molecule has 0 saturated heterocycles. The number of nitrogens with one attached hydrogen (secondary N) is 1. The monoisotopic (exact) mass is 318 g/mol. The van der Waals surface area contributed by atoms with Crippen LogP contribution in [0.25, 0.3) is 11.1 Å². The summed E-state index contributed by atoms with van der Waals surface area (Å²) in [5, 5.41) is 12.4. The molecule has 4 heteroatoms. The average Bonchev–Trinajstić information content (AvgIpc) is 2.60. The van der Waals surface area contributed by atoms with Crippen LogP contribution in [0, 0.1) is 6.92 Å². The molecule has 0 atom stereocenters. The molecule has 0 spiro atoms. The molecule has 0 aliphatic carbocycles. The fourth-order valence-corrected chi connectivity index (χ4v) is 2.52. The van der Waals surface area contributed by atoms with Crippen LogP contribution in [0.1, 0.15) is 21.5 Å². The standard InChI is InChI=1S/C20H18N2O2/c1-14-4-2-5-15(10-14)12-21-19-9-8-18(13-22-19)16-6-3-7-17(11-16)20(23)24/h2-11,13H,12H2,1H3,(H,21,22)(H,23,24). The number of anilines is 1. The van der Waals surface area contributed by atoms with E-state index >= 15 is 0 Å². The summed E-state index contributed by atoms with van der Waals surface area (Å²) < 4.78 is 0. The molecule has 0 aliphatic rings. The Kier molecular flexibility index (Phi) is 4.57. The van der Waals surface area contributed by atoms with Gasteiger partial charge in [-0.1, -0.05) is 42.0 Å². The summed E-state index contributed by atoms with van der Waals surface area (Å²) in [6, 6.07) is 19.0. The number of carbonyl (C=O) groups is 1. The first-order valence-electron chi connectivity index (χ1n) is 7.71. The molecule has 4 nitrogen and oxygen atoms in total. The predicted octanol–water partition coefficient (Wildman–Crippen LogP) is 4.37. The Labute approximate surface area is 140 Å². The minimum atomic E-state index is -0.929. The van der Waals surface area contributed by atoms with Gasteiger partial charge in [-0.3, -0.25) is 0 Å². The van der Waals surface area contributed by atoms with Crippen molar-refractivity contribution in [2.24, 2.45) is 0 Å². The molecule has 1 heterocycles. The maximum Gasteiger partial charge on any atom is 0.335 e. The molecule has 2 N–H and O–H groups in total. The number of pyridine rings is 1.